The Bertz CT molecular complexity index is 1020. The zero-order chi connectivity index (χ0) is 20.8. The molecule has 1 atom stereocenters. The van der Waals surface area contributed by atoms with Crippen molar-refractivity contribution in [3.05, 3.63) is 80.9 Å². The molecule has 1 aromatic carbocycles. The van der Waals surface area contributed by atoms with E-state index in [4.69, 9.17) is 0 Å². The molecule has 0 spiro atoms. The van der Waals surface area contributed by atoms with Crippen LogP contribution in [0.5, 0.6) is 0 Å². The molecular formula is C23H26N4O2S. The van der Waals surface area contributed by atoms with Gasteiger partial charge in [-0.15, -0.1) is 11.3 Å². The lowest BCUT2D eigenvalue weighted by Gasteiger charge is -2.33. The largest absolute Gasteiger partial charge is 0.369 e. The van der Waals surface area contributed by atoms with Gasteiger partial charge in [-0.2, -0.15) is 5.10 Å². The van der Waals surface area contributed by atoms with E-state index >= 15 is 0 Å². The molecule has 1 aliphatic heterocycles. The van der Waals surface area contributed by atoms with Crippen molar-refractivity contribution < 1.29 is 4.79 Å². The molecule has 4 rings (SSSR count). The van der Waals surface area contributed by atoms with Crippen LogP contribution in [0.1, 0.15) is 23.3 Å². The highest BCUT2D eigenvalue weighted by atomic mass is 32.1. The summed E-state index contributed by atoms with van der Waals surface area (Å²) in [5, 5.41) is 9.48. The predicted molar refractivity (Wildman–Crippen MR) is 120 cm³/mol. The Labute approximate surface area is 180 Å². The van der Waals surface area contributed by atoms with Gasteiger partial charge in [0.15, 0.2) is 0 Å². The van der Waals surface area contributed by atoms with Gasteiger partial charge < -0.3 is 10.2 Å². The SMILES string of the molecule is O=C(NCCc1cccs1)[C@@H]1CCCN(c2cnn(Cc3ccccc3)c(=O)c2)C1. The number of hydrogen-bond acceptors (Lipinski definition) is 5. The Kier molecular flexibility index (Phi) is 6.59. The third-order valence-corrected chi connectivity index (χ3v) is 6.37. The van der Waals surface area contributed by atoms with Crippen molar-refractivity contribution in [2.24, 2.45) is 5.92 Å². The van der Waals surface area contributed by atoms with Crippen molar-refractivity contribution in [1.82, 2.24) is 15.1 Å². The predicted octanol–water partition coefficient (Wildman–Crippen LogP) is 2.93. The van der Waals surface area contributed by atoms with Crippen LogP contribution in [0.15, 0.2) is 64.9 Å². The van der Waals surface area contributed by atoms with Crippen molar-refractivity contribution in [2.75, 3.05) is 24.5 Å². The number of aromatic nitrogens is 2. The van der Waals surface area contributed by atoms with Gasteiger partial charge in [-0.05, 0) is 36.3 Å². The van der Waals surface area contributed by atoms with Crippen molar-refractivity contribution in [1.29, 1.82) is 0 Å². The summed E-state index contributed by atoms with van der Waals surface area (Å²) in [5.41, 5.74) is 1.70. The summed E-state index contributed by atoms with van der Waals surface area (Å²) in [5.74, 6) is 0.0375. The van der Waals surface area contributed by atoms with E-state index in [0.29, 0.717) is 19.6 Å². The van der Waals surface area contributed by atoms with E-state index in [1.807, 2.05) is 36.4 Å². The number of nitrogens with zero attached hydrogens (tertiary/aromatic N) is 3. The maximum Gasteiger partial charge on any atom is 0.269 e. The van der Waals surface area contributed by atoms with Crippen LogP contribution in [0.2, 0.25) is 0 Å². The second-order valence-corrected chi connectivity index (χ2v) is 8.63. The first-order valence-electron chi connectivity index (χ1n) is 10.4. The summed E-state index contributed by atoms with van der Waals surface area (Å²) in [6.07, 6.45) is 4.40. The van der Waals surface area contributed by atoms with Gasteiger partial charge in [0.25, 0.3) is 5.56 Å². The average molecular weight is 423 g/mol. The standard InChI is InChI=1S/C23H26N4O2S/c28-22-14-20(15-25-27(22)16-18-6-2-1-3-7-18)26-12-4-8-19(17-26)23(29)24-11-10-21-9-5-13-30-21/h1-3,5-7,9,13-15,19H,4,8,10-12,16-17H2,(H,24,29)/t19-/m1/s1. The van der Waals surface area contributed by atoms with Gasteiger partial charge in [0.2, 0.25) is 5.91 Å². The Hall–Kier alpha value is -2.93. The molecule has 1 aliphatic rings. The number of rotatable bonds is 7. The van der Waals surface area contributed by atoms with E-state index in [0.717, 1.165) is 37.1 Å². The second-order valence-electron chi connectivity index (χ2n) is 7.60. The topological polar surface area (TPSA) is 67.2 Å². The third-order valence-electron chi connectivity index (χ3n) is 5.44. The van der Waals surface area contributed by atoms with Crippen LogP contribution in [0.25, 0.3) is 0 Å². The fraction of sp³-hybridized carbons (Fsp3) is 0.348. The van der Waals surface area contributed by atoms with Crippen LogP contribution in [-0.2, 0) is 17.8 Å². The van der Waals surface area contributed by atoms with Crippen LogP contribution in [-0.4, -0.2) is 35.3 Å². The number of piperidine rings is 1. The highest BCUT2D eigenvalue weighted by molar-refractivity contribution is 7.09. The molecule has 3 aromatic rings. The third kappa shape index (κ3) is 5.16. The van der Waals surface area contributed by atoms with Crippen molar-refractivity contribution in [3.63, 3.8) is 0 Å². The molecule has 6 nitrogen and oxygen atoms in total. The van der Waals surface area contributed by atoms with Crippen LogP contribution < -0.4 is 15.8 Å². The minimum absolute atomic E-state index is 0.0613. The van der Waals surface area contributed by atoms with Crippen molar-refractivity contribution in [3.8, 4) is 0 Å². The fourth-order valence-corrected chi connectivity index (χ4v) is 4.51. The molecule has 0 saturated carbocycles. The van der Waals surface area contributed by atoms with Gasteiger partial charge in [0.05, 0.1) is 24.3 Å². The van der Waals surface area contributed by atoms with E-state index in [-0.39, 0.29) is 17.4 Å². The van der Waals surface area contributed by atoms with Crippen LogP contribution >= 0.6 is 11.3 Å². The Morgan fingerprint density at radius 3 is 2.83 bits per heavy atom. The van der Waals surface area contributed by atoms with Gasteiger partial charge in [0.1, 0.15) is 0 Å². The zero-order valence-electron chi connectivity index (χ0n) is 16.9. The molecule has 30 heavy (non-hydrogen) atoms. The first-order valence-corrected chi connectivity index (χ1v) is 11.2. The molecule has 3 heterocycles. The molecule has 0 unspecified atom stereocenters. The van der Waals surface area contributed by atoms with Gasteiger partial charge in [-0.25, -0.2) is 4.68 Å². The molecule has 1 fully saturated rings. The summed E-state index contributed by atoms with van der Waals surface area (Å²) in [6.45, 7) is 2.57. The molecule has 1 saturated heterocycles. The second kappa shape index (κ2) is 9.71. The number of thiophene rings is 1. The molecule has 7 heteroatoms. The summed E-state index contributed by atoms with van der Waals surface area (Å²) in [7, 11) is 0. The Morgan fingerprint density at radius 2 is 2.07 bits per heavy atom. The molecule has 1 N–H and O–H groups in total. The molecule has 0 radical (unpaired) electrons. The number of amides is 1. The first kappa shape index (κ1) is 20.3. The highest BCUT2D eigenvalue weighted by Gasteiger charge is 2.26. The van der Waals surface area contributed by atoms with Gasteiger partial charge in [-0.1, -0.05) is 36.4 Å². The van der Waals surface area contributed by atoms with Crippen molar-refractivity contribution in [2.45, 2.75) is 25.8 Å². The molecule has 156 valence electrons. The number of benzene rings is 1. The molecule has 0 aliphatic carbocycles. The number of carbonyl (C=O) groups is 1. The molecular weight excluding hydrogens is 396 g/mol. The fourth-order valence-electron chi connectivity index (χ4n) is 3.81. The monoisotopic (exact) mass is 422 g/mol. The van der Waals surface area contributed by atoms with Gasteiger partial charge in [0, 0.05) is 30.6 Å². The van der Waals surface area contributed by atoms with E-state index in [1.165, 1.54) is 9.56 Å². The quantitative estimate of drug-likeness (QED) is 0.636. The summed E-state index contributed by atoms with van der Waals surface area (Å²) >= 11 is 1.71. The van der Waals surface area contributed by atoms with E-state index < -0.39 is 0 Å². The molecule has 1 amide bonds. The van der Waals surface area contributed by atoms with Gasteiger partial charge >= 0.3 is 0 Å². The zero-order valence-corrected chi connectivity index (χ0v) is 17.7. The smallest absolute Gasteiger partial charge is 0.269 e. The number of nitrogens with one attached hydrogen (secondary N) is 1. The lowest BCUT2D eigenvalue weighted by molar-refractivity contribution is -0.125. The number of anilines is 1. The van der Waals surface area contributed by atoms with E-state index in [1.54, 1.807) is 23.6 Å². The normalized spacial score (nSPS) is 16.4. The maximum absolute atomic E-state index is 12.6. The van der Waals surface area contributed by atoms with E-state index in [9.17, 15) is 9.59 Å². The number of hydrogen-bond donors (Lipinski definition) is 1. The van der Waals surface area contributed by atoms with E-state index in [2.05, 4.69) is 26.8 Å². The van der Waals surface area contributed by atoms with Crippen LogP contribution in [0.3, 0.4) is 0 Å². The van der Waals surface area contributed by atoms with Crippen LogP contribution in [0.4, 0.5) is 5.69 Å². The molecule has 0 bridgehead atoms. The minimum atomic E-state index is -0.126. The lowest BCUT2D eigenvalue weighted by Crippen LogP contribution is -2.44. The highest BCUT2D eigenvalue weighted by Crippen LogP contribution is 2.22. The van der Waals surface area contributed by atoms with Crippen LogP contribution in [0, 0.1) is 5.92 Å². The number of carbonyl (C=O) groups excluding carboxylic acids is 1. The summed E-state index contributed by atoms with van der Waals surface area (Å²) in [4.78, 5) is 28.5. The Balaban J connectivity index is 1.35. The molecule has 2 aromatic heterocycles. The Morgan fingerprint density at radius 1 is 1.20 bits per heavy atom. The average Bonchev–Trinajstić information content (AvgIpc) is 3.29. The minimum Gasteiger partial charge on any atom is -0.369 e. The lowest BCUT2D eigenvalue weighted by atomic mass is 9.97. The maximum atomic E-state index is 12.6. The van der Waals surface area contributed by atoms with Crippen molar-refractivity contribution >= 4 is 22.9 Å². The summed E-state index contributed by atoms with van der Waals surface area (Å²) < 4.78 is 1.47. The first-order chi connectivity index (χ1) is 14.7. The summed E-state index contributed by atoms with van der Waals surface area (Å²) in [6, 6.07) is 15.6. The van der Waals surface area contributed by atoms with Gasteiger partial charge in [-0.3, -0.25) is 9.59 Å².